The van der Waals surface area contributed by atoms with E-state index in [2.05, 4.69) is 38.3 Å². The van der Waals surface area contributed by atoms with Crippen molar-refractivity contribution in [3.05, 3.63) is 64.1 Å². The SMILES string of the molecule is COc1ccc(Br)c(C(=O)NC(CN2CCCC2)c2ccccc2)c1. The number of methoxy groups -OCH3 is 1. The van der Waals surface area contributed by atoms with Crippen LogP contribution in [0.2, 0.25) is 0 Å². The van der Waals surface area contributed by atoms with Crippen molar-refractivity contribution in [1.29, 1.82) is 0 Å². The van der Waals surface area contributed by atoms with Gasteiger partial charge in [0.15, 0.2) is 0 Å². The van der Waals surface area contributed by atoms with Crippen LogP contribution in [-0.2, 0) is 0 Å². The van der Waals surface area contributed by atoms with Gasteiger partial charge in [-0.2, -0.15) is 0 Å². The van der Waals surface area contributed by atoms with Crippen LogP contribution in [0.1, 0.15) is 34.8 Å². The van der Waals surface area contributed by atoms with Crippen LogP contribution in [0.5, 0.6) is 5.75 Å². The summed E-state index contributed by atoms with van der Waals surface area (Å²) < 4.78 is 6.01. The fourth-order valence-corrected chi connectivity index (χ4v) is 3.61. The number of halogens is 1. The first kappa shape index (κ1) is 18.0. The minimum absolute atomic E-state index is 0.0371. The zero-order chi connectivity index (χ0) is 17.6. The van der Waals surface area contributed by atoms with Crippen molar-refractivity contribution in [1.82, 2.24) is 10.2 Å². The molecule has 0 spiro atoms. The smallest absolute Gasteiger partial charge is 0.253 e. The summed E-state index contributed by atoms with van der Waals surface area (Å²) in [7, 11) is 1.60. The molecule has 1 amide bonds. The van der Waals surface area contributed by atoms with E-state index in [1.165, 1.54) is 12.8 Å². The highest BCUT2D eigenvalue weighted by atomic mass is 79.9. The molecule has 1 unspecified atom stereocenters. The lowest BCUT2D eigenvalue weighted by Crippen LogP contribution is -2.37. The van der Waals surface area contributed by atoms with Crippen LogP contribution in [0.25, 0.3) is 0 Å². The molecule has 1 saturated heterocycles. The number of rotatable bonds is 6. The van der Waals surface area contributed by atoms with Gasteiger partial charge >= 0.3 is 0 Å². The van der Waals surface area contributed by atoms with Gasteiger partial charge in [0.05, 0.1) is 18.7 Å². The molecule has 4 nitrogen and oxygen atoms in total. The van der Waals surface area contributed by atoms with Gasteiger partial charge in [-0.05, 0) is 65.6 Å². The number of nitrogens with zero attached hydrogens (tertiary/aromatic N) is 1. The molecule has 5 heteroatoms. The summed E-state index contributed by atoms with van der Waals surface area (Å²) in [6.07, 6.45) is 2.47. The lowest BCUT2D eigenvalue weighted by molar-refractivity contribution is 0.0926. The molecular weight excluding hydrogens is 380 g/mol. The monoisotopic (exact) mass is 402 g/mol. The third kappa shape index (κ3) is 4.61. The Hall–Kier alpha value is -1.85. The van der Waals surface area contributed by atoms with E-state index in [0.717, 1.165) is 29.7 Å². The molecule has 0 radical (unpaired) electrons. The highest BCUT2D eigenvalue weighted by Gasteiger charge is 2.22. The molecule has 2 aromatic carbocycles. The maximum Gasteiger partial charge on any atom is 0.253 e. The molecule has 3 rings (SSSR count). The zero-order valence-electron chi connectivity index (χ0n) is 14.4. The molecule has 1 aliphatic rings. The number of carbonyl (C=O) groups excluding carboxylic acids is 1. The van der Waals surface area contributed by atoms with Crippen molar-refractivity contribution in [2.45, 2.75) is 18.9 Å². The lowest BCUT2D eigenvalue weighted by Gasteiger charge is -2.25. The summed E-state index contributed by atoms with van der Waals surface area (Å²) >= 11 is 3.47. The Kier molecular flexibility index (Phi) is 6.10. The molecule has 0 bridgehead atoms. The number of carbonyl (C=O) groups is 1. The maximum absolute atomic E-state index is 12.9. The Bertz CT molecular complexity index is 715. The molecule has 1 N–H and O–H groups in total. The molecule has 0 saturated carbocycles. The second kappa shape index (κ2) is 8.50. The van der Waals surface area contributed by atoms with Gasteiger partial charge in [-0.1, -0.05) is 30.3 Å². The van der Waals surface area contributed by atoms with Gasteiger partial charge in [0.1, 0.15) is 5.75 Å². The summed E-state index contributed by atoms with van der Waals surface area (Å²) in [6, 6.07) is 15.6. The highest BCUT2D eigenvalue weighted by molar-refractivity contribution is 9.10. The quantitative estimate of drug-likeness (QED) is 0.792. The lowest BCUT2D eigenvalue weighted by atomic mass is 10.1. The largest absolute Gasteiger partial charge is 0.497 e. The second-order valence-corrected chi connectivity index (χ2v) is 7.14. The Labute approximate surface area is 157 Å². The van der Waals surface area contributed by atoms with E-state index < -0.39 is 0 Å². The van der Waals surface area contributed by atoms with E-state index in [1.54, 1.807) is 13.2 Å². The van der Waals surface area contributed by atoms with Gasteiger partial charge in [0.25, 0.3) is 5.91 Å². The van der Waals surface area contributed by atoms with Gasteiger partial charge in [-0.3, -0.25) is 4.79 Å². The van der Waals surface area contributed by atoms with Crippen molar-refractivity contribution >= 4 is 21.8 Å². The van der Waals surface area contributed by atoms with Crippen LogP contribution in [0.15, 0.2) is 53.0 Å². The summed E-state index contributed by atoms with van der Waals surface area (Å²) in [5.41, 5.74) is 1.71. The first-order valence-electron chi connectivity index (χ1n) is 8.59. The van der Waals surface area contributed by atoms with Crippen molar-refractivity contribution in [3.63, 3.8) is 0 Å². The average molecular weight is 403 g/mol. The third-order valence-corrected chi connectivity index (χ3v) is 5.26. The van der Waals surface area contributed by atoms with Gasteiger partial charge in [-0.25, -0.2) is 0 Å². The molecule has 1 aliphatic heterocycles. The number of hydrogen-bond donors (Lipinski definition) is 1. The van der Waals surface area contributed by atoms with E-state index in [4.69, 9.17) is 4.74 Å². The number of likely N-dealkylation sites (tertiary alicyclic amines) is 1. The molecule has 25 heavy (non-hydrogen) atoms. The predicted octanol–water partition coefficient (Wildman–Crippen LogP) is 4.02. The molecule has 0 aromatic heterocycles. The topological polar surface area (TPSA) is 41.6 Å². The molecule has 1 heterocycles. The molecule has 1 atom stereocenters. The second-order valence-electron chi connectivity index (χ2n) is 6.29. The normalized spacial score (nSPS) is 15.8. The molecular formula is C20H23BrN2O2. The summed E-state index contributed by atoms with van der Waals surface area (Å²) in [6.45, 7) is 3.03. The van der Waals surface area contributed by atoms with Crippen molar-refractivity contribution < 1.29 is 9.53 Å². The zero-order valence-corrected chi connectivity index (χ0v) is 16.0. The summed E-state index contributed by atoms with van der Waals surface area (Å²) in [5, 5.41) is 3.20. The molecule has 0 aliphatic carbocycles. The minimum Gasteiger partial charge on any atom is -0.497 e. The Balaban J connectivity index is 1.80. The van der Waals surface area contributed by atoms with Crippen molar-refractivity contribution in [2.24, 2.45) is 0 Å². The first-order chi connectivity index (χ1) is 12.2. The number of benzene rings is 2. The Morgan fingerprint density at radius 3 is 2.60 bits per heavy atom. The fourth-order valence-electron chi connectivity index (χ4n) is 3.18. The van der Waals surface area contributed by atoms with Gasteiger partial charge < -0.3 is 15.0 Å². The standard InChI is InChI=1S/C20H23BrN2O2/c1-25-16-9-10-18(21)17(13-16)20(24)22-19(14-23-11-5-6-12-23)15-7-3-2-4-8-15/h2-4,7-10,13,19H,5-6,11-12,14H2,1H3,(H,22,24). The summed E-state index contributed by atoms with van der Waals surface area (Å²) in [4.78, 5) is 15.3. The molecule has 1 fully saturated rings. The van der Waals surface area contributed by atoms with Crippen LogP contribution >= 0.6 is 15.9 Å². The van der Waals surface area contributed by atoms with Crippen LogP contribution in [0.4, 0.5) is 0 Å². The number of amides is 1. The van der Waals surface area contributed by atoms with E-state index in [0.29, 0.717) is 11.3 Å². The number of hydrogen-bond acceptors (Lipinski definition) is 3. The van der Waals surface area contributed by atoms with E-state index in [-0.39, 0.29) is 11.9 Å². The minimum atomic E-state index is -0.0983. The fraction of sp³-hybridized carbons (Fsp3) is 0.350. The molecule has 132 valence electrons. The Morgan fingerprint density at radius 2 is 1.92 bits per heavy atom. The van der Waals surface area contributed by atoms with Crippen LogP contribution in [-0.4, -0.2) is 37.6 Å². The van der Waals surface area contributed by atoms with Gasteiger partial charge in [0, 0.05) is 11.0 Å². The average Bonchev–Trinajstić information content (AvgIpc) is 3.15. The number of ether oxygens (including phenoxy) is 1. The third-order valence-electron chi connectivity index (χ3n) is 4.56. The maximum atomic E-state index is 12.9. The van der Waals surface area contributed by atoms with Gasteiger partial charge in [-0.15, -0.1) is 0 Å². The van der Waals surface area contributed by atoms with Crippen molar-refractivity contribution in [3.8, 4) is 5.75 Å². The number of nitrogens with one attached hydrogen (secondary N) is 1. The highest BCUT2D eigenvalue weighted by Crippen LogP contribution is 2.24. The summed E-state index contributed by atoms with van der Waals surface area (Å²) in [5.74, 6) is 0.572. The van der Waals surface area contributed by atoms with Crippen molar-refractivity contribution in [2.75, 3.05) is 26.7 Å². The Morgan fingerprint density at radius 1 is 1.20 bits per heavy atom. The van der Waals surface area contributed by atoms with Crippen LogP contribution in [0, 0.1) is 0 Å². The van der Waals surface area contributed by atoms with E-state index >= 15 is 0 Å². The van der Waals surface area contributed by atoms with Crippen LogP contribution < -0.4 is 10.1 Å². The van der Waals surface area contributed by atoms with E-state index in [1.807, 2.05) is 30.3 Å². The predicted molar refractivity (Wildman–Crippen MR) is 103 cm³/mol. The van der Waals surface area contributed by atoms with Crippen LogP contribution in [0.3, 0.4) is 0 Å². The van der Waals surface area contributed by atoms with E-state index in [9.17, 15) is 4.79 Å². The first-order valence-corrected chi connectivity index (χ1v) is 9.38. The molecule has 2 aromatic rings. The van der Waals surface area contributed by atoms with Gasteiger partial charge in [0.2, 0.25) is 0 Å².